The highest BCUT2D eigenvalue weighted by Gasteiger charge is 2.20. The smallest absolute Gasteiger partial charge is 0.254 e. The van der Waals surface area contributed by atoms with Crippen molar-refractivity contribution in [1.82, 2.24) is 14.9 Å². The summed E-state index contributed by atoms with van der Waals surface area (Å²) in [7, 11) is 0. The first kappa shape index (κ1) is 17.1. The van der Waals surface area contributed by atoms with Crippen LogP contribution < -0.4 is 10.6 Å². The molecule has 0 saturated carbocycles. The number of anilines is 1. The van der Waals surface area contributed by atoms with Crippen molar-refractivity contribution in [2.24, 2.45) is 5.92 Å². The molecule has 1 atom stereocenters. The van der Waals surface area contributed by atoms with Gasteiger partial charge in [-0.2, -0.15) is 0 Å². The number of aryl methyl sites for hydroxylation is 2. The van der Waals surface area contributed by atoms with E-state index in [0.717, 1.165) is 17.9 Å². The predicted octanol–water partition coefficient (Wildman–Crippen LogP) is 2.28. The molecule has 1 aliphatic rings. The van der Waals surface area contributed by atoms with Crippen LogP contribution in [0.15, 0.2) is 24.5 Å². The van der Waals surface area contributed by atoms with Gasteiger partial charge in [-0.15, -0.1) is 0 Å². The Kier molecular flexibility index (Phi) is 4.83. The normalized spacial score (nSPS) is 14.6. The summed E-state index contributed by atoms with van der Waals surface area (Å²) < 4.78 is 16.2. The largest absolute Gasteiger partial charge is 0.352 e. The minimum absolute atomic E-state index is 0.0147. The zero-order chi connectivity index (χ0) is 18.0. The molecular weight excluding hydrogens is 323 g/mol. The molecule has 25 heavy (non-hydrogen) atoms. The molecule has 0 spiro atoms. The average molecular weight is 344 g/mol. The standard InChI is InChI=1S/C18H21FN4O2/c1-11(10-23-6-5-20-12(23)2)9-21-18(25)14-7-13-3-4-17(24)22-16(13)8-15(14)19/h5-8,11H,3-4,9-10H2,1-2H3,(H,21,25)(H,22,24)/t11-/m1/s1. The van der Waals surface area contributed by atoms with Crippen LogP contribution in [0.2, 0.25) is 0 Å². The monoisotopic (exact) mass is 344 g/mol. The lowest BCUT2D eigenvalue weighted by molar-refractivity contribution is -0.116. The van der Waals surface area contributed by atoms with Gasteiger partial charge in [0.2, 0.25) is 5.91 Å². The molecule has 132 valence electrons. The third kappa shape index (κ3) is 3.87. The summed E-state index contributed by atoms with van der Waals surface area (Å²) in [6, 6.07) is 2.75. The Morgan fingerprint density at radius 2 is 2.24 bits per heavy atom. The Morgan fingerprint density at radius 1 is 1.44 bits per heavy atom. The lowest BCUT2D eigenvalue weighted by Crippen LogP contribution is -2.31. The van der Waals surface area contributed by atoms with Crippen LogP contribution in [0.25, 0.3) is 0 Å². The first-order valence-corrected chi connectivity index (χ1v) is 8.32. The van der Waals surface area contributed by atoms with Gasteiger partial charge in [0.15, 0.2) is 0 Å². The molecule has 7 heteroatoms. The Hall–Kier alpha value is -2.70. The van der Waals surface area contributed by atoms with Crippen molar-refractivity contribution < 1.29 is 14.0 Å². The second kappa shape index (κ2) is 7.04. The molecule has 6 nitrogen and oxygen atoms in total. The zero-order valence-corrected chi connectivity index (χ0v) is 14.3. The van der Waals surface area contributed by atoms with E-state index in [1.165, 1.54) is 12.1 Å². The number of imidazole rings is 1. The second-order valence-electron chi connectivity index (χ2n) is 6.48. The summed E-state index contributed by atoms with van der Waals surface area (Å²) in [5.74, 6) is -0.103. The summed E-state index contributed by atoms with van der Waals surface area (Å²) in [6.07, 6.45) is 4.49. The van der Waals surface area contributed by atoms with E-state index in [9.17, 15) is 14.0 Å². The topological polar surface area (TPSA) is 76.0 Å². The molecule has 2 amide bonds. The van der Waals surface area contributed by atoms with E-state index >= 15 is 0 Å². The molecule has 0 radical (unpaired) electrons. The molecule has 0 fully saturated rings. The maximum atomic E-state index is 14.2. The molecular formula is C18H21FN4O2. The number of aromatic nitrogens is 2. The molecule has 2 aromatic rings. The zero-order valence-electron chi connectivity index (χ0n) is 14.3. The minimum Gasteiger partial charge on any atom is -0.352 e. The molecule has 3 rings (SSSR count). The van der Waals surface area contributed by atoms with Gasteiger partial charge in [0.1, 0.15) is 11.6 Å². The van der Waals surface area contributed by atoms with Gasteiger partial charge in [0.05, 0.1) is 5.56 Å². The van der Waals surface area contributed by atoms with Crippen molar-refractivity contribution in [2.75, 3.05) is 11.9 Å². The van der Waals surface area contributed by atoms with Crippen molar-refractivity contribution in [3.8, 4) is 0 Å². The maximum Gasteiger partial charge on any atom is 0.254 e. The molecule has 0 saturated heterocycles. The van der Waals surface area contributed by atoms with Gasteiger partial charge in [-0.05, 0) is 37.0 Å². The molecule has 0 bridgehead atoms. The van der Waals surface area contributed by atoms with Crippen molar-refractivity contribution in [2.45, 2.75) is 33.2 Å². The number of carbonyl (C=O) groups is 2. The molecule has 2 heterocycles. The van der Waals surface area contributed by atoms with Gasteiger partial charge in [0, 0.05) is 37.6 Å². The molecule has 1 aliphatic heterocycles. The van der Waals surface area contributed by atoms with Gasteiger partial charge in [-0.25, -0.2) is 9.37 Å². The van der Waals surface area contributed by atoms with Gasteiger partial charge < -0.3 is 15.2 Å². The number of amides is 2. The van der Waals surface area contributed by atoms with Gasteiger partial charge >= 0.3 is 0 Å². The summed E-state index contributed by atoms with van der Waals surface area (Å²) in [5, 5.41) is 5.41. The van der Waals surface area contributed by atoms with E-state index in [-0.39, 0.29) is 17.4 Å². The molecule has 0 aliphatic carbocycles. The highest BCUT2D eigenvalue weighted by atomic mass is 19.1. The minimum atomic E-state index is -0.628. The Balaban J connectivity index is 1.63. The van der Waals surface area contributed by atoms with E-state index in [1.54, 1.807) is 6.20 Å². The quantitative estimate of drug-likeness (QED) is 0.874. The number of halogens is 1. The summed E-state index contributed by atoms with van der Waals surface area (Å²) in [4.78, 5) is 27.9. The summed E-state index contributed by atoms with van der Waals surface area (Å²) in [5.41, 5.74) is 1.25. The van der Waals surface area contributed by atoms with Crippen LogP contribution in [0, 0.1) is 18.7 Å². The van der Waals surface area contributed by atoms with Crippen LogP contribution in [-0.2, 0) is 17.8 Å². The van der Waals surface area contributed by atoms with E-state index in [2.05, 4.69) is 15.6 Å². The van der Waals surface area contributed by atoms with Crippen LogP contribution in [-0.4, -0.2) is 27.9 Å². The first-order chi connectivity index (χ1) is 11.9. The lowest BCUT2D eigenvalue weighted by Gasteiger charge is -2.19. The Bertz CT molecular complexity index is 815. The fraction of sp³-hybridized carbons (Fsp3) is 0.389. The first-order valence-electron chi connectivity index (χ1n) is 8.32. The predicted molar refractivity (Wildman–Crippen MR) is 91.8 cm³/mol. The number of nitrogens with zero attached hydrogens (tertiary/aromatic N) is 2. The summed E-state index contributed by atoms with van der Waals surface area (Å²) >= 11 is 0. The van der Waals surface area contributed by atoms with Crippen molar-refractivity contribution in [3.63, 3.8) is 0 Å². The van der Waals surface area contributed by atoms with Crippen molar-refractivity contribution in [1.29, 1.82) is 0 Å². The molecule has 1 aromatic heterocycles. The maximum absolute atomic E-state index is 14.2. The van der Waals surface area contributed by atoms with E-state index in [1.807, 2.05) is 24.6 Å². The number of nitrogens with one attached hydrogen (secondary N) is 2. The van der Waals surface area contributed by atoms with Crippen molar-refractivity contribution >= 4 is 17.5 Å². The van der Waals surface area contributed by atoms with E-state index in [0.29, 0.717) is 25.1 Å². The van der Waals surface area contributed by atoms with Crippen LogP contribution in [0.1, 0.15) is 35.1 Å². The number of fused-ring (bicyclic) bond motifs is 1. The van der Waals surface area contributed by atoms with E-state index in [4.69, 9.17) is 0 Å². The summed E-state index contributed by atoms with van der Waals surface area (Å²) in [6.45, 7) is 5.10. The second-order valence-corrected chi connectivity index (χ2v) is 6.48. The highest BCUT2D eigenvalue weighted by molar-refractivity contribution is 5.98. The number of hydrogen-bond donors (Lipinski definition) is 2. The molecule has 0 unspecified atom stereocenters. The number of hydrogen-bond acceptors (Lipinski definition) is 3. The van der Waals surface area contributed by atoms with Crippen LogP contribution in [0.5, 0.6) is 0 Å². The SMILES string of the molecule is Cc1nccn1C[C@H](C)CNC(=O)c1cc2c(cc1F)NC(=O)CC2. The lowest BCUT2D eigenvalue weighted by atomic mass is 9.99. The van der Waals surface area contributed by atoms with Gasteiger partial charge in [-0.3, -0.25) is 9.59 Å². The van der Waals surface area contributed by atoms with Crippen LogP contribution in [0.4, 0.5) is 10.1 Å². The third-order valence-electron chi connectivity index (χ3n) is 4.38. The number of rotatable bonds is 5. The third-order valence-corrected chi connectivity index (χ3v) is 4.38. The highest BCUT2D eigenvalue weighted by Crippen LogP contribution is 2.25. The molecule has 2 N–H and O–H groups in total. The number of benzene rings is 1. The molecule has 1 aromatic carbocycles. The Morgan fingerprint density at radius 3 is 2.96 bits per heavy atom. The Labute approximate surface area is 145 Å². The fourth-order valence-electron chi connectivity index (χ4n) is 2.94. The number of carbonyl (C=O) groups excluding carboxylic acids is 2. The van der Waals surface area contributed by atoms with Gasteiger partial charge in [0.25, 0.3) is 5.91 Å². The van der Waals surface area contributed by atoms with Gasteiger partial charge in [-0.1, -0.05) is 6.92 Å². The van der Waals surface area contributed by atoms with Crippen LogP contribution >= 0.6 is 0 Å². The van der Waals surface area contributed by atoms with E-state index < -0.39 is 11.7 Å². The fourth-order valence-corrected chi connectivity index (χ4v) is 2.94. The van der Waals surface area contributed by atoms with Crippen molar-refractivity contribution in [3.05, 3.63) is 47.3 Å². The average Bonchev–Trinajstić information content (AvgIpc) is 2.96. The van der Waals surface area contributed by atoms with Crippen LogP contribution in [0.3, 0.4) is 0 Å².